The Labute approximate surface area is 167 Å². The van der Waals surface area contributed by atoms with E-state index < -0.39 is 35.4 Å². The van der Waals surface area contributed by atoms with Crippen LogP contribution in [0.1, 0.15) is 48.9 Å². The van der Waals surface area contributed by atoms with Gasteiger partial charge in [0.05, 0.1) is 11.0 Å². The molecule has 0 aromatic heterocycles. The number of rotatable bonds is 4. The topological polar surface area (TPSA) is 105 Å². The molecule has 7 nitrogen and oxygen atoms in total. The lowest BCUT2D eigenvalue weighted by atomic mass is 9.48. The van der Waals surface area contributed by atoms with E-state index in [1.807, 2.05) is 0 Å². The van der Waals surface area contributed by atoms with Gasteiger partial charge in [0, 0.05) is 10.6 Å². The van der Waals surface area contributed by atoms with E-state index in [2.05, 4.69) is 10.9 Å². The largest absolute Gasteiger partial charge is 0.455 e. The molecule has 1 aromatic rings. The first-order valence-electron chi connectivity index (χ1n) is 9.51. The number of esters is 1. The van der Waals surface area contributed by atoms with Gasteiger partial charge in [-0.05, 0) is 74.6 Å². The molecule has 5 rings (SSSR count). The molecule has 0 radical (unpaired) electrons. The normalized spacial score (nSPS) is 32.6. The van der Waals surface area contributed by atoms with E-state index in [9.17, 15) is 19.5 Å². The fraction of sp³-hybridized carbons (Fsp3) is 0.550. The van der Waals surface area contributed by atoms with E-state index in [1.54, 1.807) is 12.1 Å². The van der Waals surface area contributed by atoms with Crippen molar-refractivity contribution < 1.29 is 24.2 Å². The molecule has 1 aromatic carbocycles. The lowest BCUT2D eigenvalue weighted by molar-refractivity contribution is -0.196. The number of nitrogens with one attached hydrogen (secondary N) is 2. The van der Waals surface area contributed by atoms with Gasteiger partial charge in [0.1, 0.15) is 0 Å². The third kappa shape index (κ3) is 3.73. The number of hydrogen-bond acceptors (Lipinski definition) is 5. The van der Waals surface area contributed by atoms with Crippen LogP contribution in [0.3, 0.4) is 0 Å². The van der Waals surface area contributed by atoms with Crippen LogP contribution in [0.25, 0.3) is 0 Å². The minimum absolute atomic E-state index is 0.337. The summed E-state index contributed by atoms with van der Waals surface area (Å²) in [4.78, 5) is 36.6. The summed E-state index contributed by atoms with van der Waals surface area (Å²) < 4.78 is 5.26. The van der Waals surface area contributed by atoms with Crippen LogP contribution >= 0.6 is 11.6 Å². The Bertz CT molecular complexity index is 795. The van der Waals surface area contributed by atoms with Gasteiger partial charge < -0.3 is 9.84 Å². The lowest BCUT2D eigenvalue weighted by Gasteiger charge is -2.58. The average Bonchev–Trinajstić information content (AvgIpc) is 2.62. The number of hydrogen-bond donors (Lipinski definition) is 3. The molecule has 0 heterocycles. The van der Waals surface area contributed by atoms with Gasteiger partial charge in [-0.25, -0.2) is 0 Å². The van der Waals surface area contributed by atoms with Gasteiger partial charge in [-0.2, -0.15) is 0 Å². The van der Waals surface area contributed by atoms with Crippen molar-refractivity contribution in [3.63, 3.8) is 0 Å². The molecule has 4 aliphatic carbocycles. The molecule has 8 heteroatoms. The molecule has 0 aliphatic heterocycles. The minimum atomic E-state index is -0.766. The number of aliphatic hydroxyl groups is 1. The van der Waals surface area contributed by atoms with Crippen LogP contribution in [0, 0.1) is 17.3 Å². The van der Waals surface area contributed by atoms with Crippen LogP contribution in [0.5, 0.6) is 0 Å². The second kappa shape index (κ2) is 7.04. The molecule has 4 saturated carbocycles. The maximum atomic E-state index is 12.7. The fourth-order valence-corrected chi connectivity index (χ4v) is 5.70. The van der Waals surface area contributed by atoms with E-state index in [1.165, 1.54) is 12.1 Å². The lowest BCUT2D eigenvalue weighted by Crippen LogP contribution is -2.58. The Kier molecular flexibility index (Phi) is 4.83. The highest BCUT2D eigenvalue weighted by Crippen LogP contribution is 2.61. The summed E-state index contributed by atoms with van der Waals surface area (Å²) in [6.07, 6.45) is 4.44. The predicted molar refractivity (Wildman–Crippen MR) is 100 cm³/mol. The molecule has 2 amide bonds. The average molecular weight is 407 g/mol. The Morgan fingerprint density at radius 1 is 1.07 bits per heavy atom. The van der Waals surface area contributed by atoms with Crippen molar-refractivity contribution in [2.45, 2.75) is 44.1 Å². The van der Waals surface area contributed by atoms with Crippen molar-refractivity contribution in [1.82, 2.24) is 10.9 Å². The highest BCUT2D eigenvalue weighted by molar-refractivity contribution is 6.30. The highest BCUT2D eigenvalue weighted by Gasteiger charge is 2.60. The molecule has 4 bridgehead atoms. The first-order valence-corrected chi connectivity index (χ1v) is 9.89. The fourth-order valence-electron chi connectivity index (χ4n) is 5.57. The van der Waals surface area contributed by atoms with Crippen molar-refractivity contribution in [3.8, 4) is 0 Å². The van der Waals surface area contributed by atoms with E-state index in [0.717, 1.165) is 32.1 Å². The summed E-state index contributed by atoms with van der Waals surface area (Å²) in [5.41, 5.74) is 3.40. The second-order valence-electron chi connectivity index (χ2n) is 8.55. The van der Waals surface area contributed by atoms with Crippen molar-refractivity contribution in [2.24, 2.45) is 17.3 Å². The van der Waals surface area contributed by atoms with Crippen LogP contribution in [0.15, 0.2) is 24.3 Å². The second-order valence-corrected chi connectivity index (χ2v) is 8.99. The Balaban J connectivity index is 1.27. The van der Waals surface area contributed by atoms with Gasteiger partial charge in [-0.1, -0.05) is 11.6 Å². The minimum Gasteiger partial charge on any atom is -0.455 e. The van der Waals surface area contributed by atoms with E-state index in [4.69, 9.17) is 16.3 Å². The zero-order valence-corrected chi connectivity index (χ0v) is 16.1. The van der Waals surface area contributed by atoms with Crippen molar-refractivity contribution in [1.29, 1.82) is 0 Å². The van der Waals surface area contributed by atoms with Crippen LogP contribution in [0.2, 0.25) is 5.02 Å². The standard InChI is InChI=1S/C20H23ClN2O5/c21-15-3-1-14(2-4-15)17(25)23-22-16(24)10-28-18(26)19-6-12-5-13(7-19)9-20(27,8-12)11-19/h1-4,12-13,27H,5-11H2,(H,22,24)(H,23,25). The zero-order chi connectivity index (χ0) is 19.9. The Hall–Kier alpha value is -2.12. The van der Waals surface area contributed by atoms with Crippen molar-refractivity contribution in [2.75, 3.05) is 6.61 Å². The molecule has 2 atom stereocenters. The van der Waals surface area contributed by atoms with Gasteiger partial charge >= 0.3 is 5.97 Å². The maximum Gasteiger partial charge on any atom is 0.312 e. The molecule has 28 heavy (non-hydrogen) atoms. The molecule has 150 valence electrons. The van der Waals surface area contributed by atoms with Gasteiger partial charge in [0.15, 0.2) is 6.61 Å². The summed E-state index contributed by atoms with van der Waals surface area (Å²) in [5, 5.41) is 11.2. The molecular formula is C20H23ClN2O5. The third-order valence-corrected chi connectivity index (χ3v) is 6.47. The molecular weight excluding hydrogens is 384 g/mol. The molecule has 2 unspecified atom stereocenters. The number of hydrazine groups is 1. The number of carbonyl (C=O) groups is 3. The molecule has 0 saturated heterocycles. The maximum absolute atomic E-state index is 12.7. The van der Waals surface area contributed by atoms with Gasteiger partial charge in [0.25, 0.3) is 11.8 Å². The monoisotopic (exact) mass is 406 g/mol. The summed E-state index contributed by atoms with van der Waals surface area (Å²) in [5.74, 6) is -0.837. The Morgan fingerprint density at radius 3 is 2.32 bits per heavy atom. The summed E-state index contributed by atoms with van der Waals surface area (Å²) in [6.45, 7) is -0.477. The van der Waals surface area contributed by atoms with Crippen LogP contribution in [-0.2, 0) is 14.3 Å². The molecule has 3 N–H and O–H groups in total. The first kappa shape index (κ1) is 19.2. The van der Waals surface area contributed by atoms with Gasteiger partial charge in [-0.3, -0.25) is 25.2 Å². The zero-order valence-electron chi connectivity index (χ0n) is 15.4. The highest BCUT2D eigenvalue weighted by atomic mass is 35.5. The number of halogens is 1. The van der Waals surface area contributed by atoms with Crippen molar-refractivity contribution >= 4 is 29.4 Å². The van der Waals surface area contributed by atoms with E-state index in [-0.39, 0.29) is 0 Å². The Morgan fingerprint density at radius 2 is 1.71 bits per heavy atom. The third-order valence-electron chi connectivity index (χ3n) is 6.22. The summed E-state index contributed by atoms with van der Waals surface area (Å²) in [6, 6.07) is 6.20. The van der Waals surface area contributed by atoms with Crippen LogP contribution in [0.4, 0.5) is 0 Å². The quantitative estimate of drug-likeness (QED) is 0.523. The van der Waals surface area contributed by atoms with Gasteiger partial charge in [0.2, 0.25) is 0 Å². The summed E-state index contributed by atoms with van der Waals surface area (Å²) >= 11 is 5.77. The first-order chi connectivity index (χ1) is 13.3. The molecule has 4 fully saturated rings. The SMILES string of the molecule is O=C(COC(=O)C12CC3CC(CC(O)(C3)C1)C2)NNC(=O)c1ccc(Cl)cc1. The predicted octanol–water partition coefficient (Wildman–Crippen LogP) is 1.98. The summed E-state index contributed by atoms with van der Waals surface area (Å²) in [7, 11) is 0. The molecule has 4 aliphatic rings. The molecule has 0 spiro atoms. The van der Waals surface area contributed by atoms with E-state index >= 15 is 0 Å². The van der Waals surface area contributed by atoms with Crippen LogP contribution < -0.4 is 10.9 Å². The van der Waals surface area contributed by atoms with Gasteiger partial charge in [-0.15, -0.1) is 0 Å². The smallest absolute Gasteiger partial charge is 0.312 e. The van der Waals surface area contributed by atoms with Crippen LogP contribution in [-0.4, -0.2) is 35.1 Å². The number of benzene rings is 1. The van der Waals surface area contributed by atoms with E-state index in [0.29, 0.717) is 28.8 Å². The number of carbonyl (C=O) groups excluding carboxylic acids is 3. The number of ether oxygens (including phenoxy) is 1. The van der Waals surface area contributed by atoms with Crippen molar-refractivity contribution in [3.05, 3.63) is 34.9 Å². The number of amides is 2.